The Labute approximate surface area is 205 Å². The molecule has 0 saturated heterocycles. The molecule has 3 aromatic carbocycles. The third-order valence-corrected chi connectivity index (χ3v) is 8.88. The molecule has 0 unspecified atom stereocenters. The van der Waals surface area contributed by atoms with Gasteiger partial charge < -0.3 is 4.57 Å². The number of aryl methyl sites for hydroxylation is 1. The summed E-state index contributed by atoms with van der Waals surface area (Å²) >= 11 is 13.8. The minimum atomic E-state index is -3.78. The van der Waals surface area contributed by atoms with Crippen molar-refractivity contribution in [3.05, 3.63) is 87.1 Å². The van der Waals surface area contributed by atoms with Gasteiger partial charge in [0.15, 0.2) is 4.80 Å². The zero-order valence-electron chi connectivity index (χ0n) is 17.7. The van der Waals surface area contributed by atoms with Crippen LogP contribution in [0.4, 0.5) is 5.69 Å². The second-order valence-electron chi connectivity index (χ2n) is 7.10. The van der Waals surface area contributed by atoms with Crippen LogP contribution < -0.4 is 9.11 Å². The molecule has 0 spiro atoms. The van der Waals surface area contributed by atoms with E-state index in [1.165, 1.54) is 39.9 Å². The number of aromatic nitrogens is 1. The SMILES string of the molecule is CCN(c1ccccc1)S(=O)(=O)c1ccc(C(=O)N=c2sc3c(Cl)ccc(Cl)c3n2C)cc1. The highest BCUT2D eigenvalue weighted by atomic mass is 35.5. The number of para-hydroxylation sites is 1. The Morgan fingerprint density at radius 3 is 2.24 bits per heavy atom. The van der Waals surface area contributed by atoms with Crippen molar-refractivity contribution in [2.24, 2.45) is 12.0 Å². The van der Waals surface area contributed by atoms with E-state index in [9.17, 15) is 13.2 Å². The first kappa shape index (κ1) is 23.5. The van der Waals surface area contributed by atoms with Gasteiger partial charge in [0.2, 0.25) is 0 Å². The normalized spacial score (nSPS) is 12.3. The molecule has 0 atom stereocenters. The first-order valence-corrected chi connectivity index (χ1v) is 13.0. The second-order valence-corrected chi connectivity index (χ2v) is 10.8. The smallest absolute Gasteiger partial charge is 0.279 e. The molecule has 0 radical (unpaired) electrons. The number of carbonyl (C=O) groups excluding carboxylic acids is 1. The zero-order valence-corrected chi connectivity index (χ0v) is 20.8. The fourth-order valence-electron chi connectivity index (χ4n) is 3.42. The number of thiazole rings is 1. The van der Waals surface area contributed by atoms with Gasteiger partial charge in [-0.3, -0.25) is 9.10 Å². The number of sulfonamides is 1. The monoisotopic (exact) mass is 519 g/mol. The first-order chi connectivity index (χ1) is 15.7. The average molecular weight is 520 g/mol. The van der Waals surface area contributed by atoms with E-state index < -0.39 is 15.9 Å². The number of benzene rings is 3. The quantitative estimate of drug-likeness (QED) is 0.349. The van der Waals surface area contributed by atoms with Gasteiger partial charge in [-0.25, -0.2) is 8.42 Å². The van der Waals surface area contributed by atoms with Crippen LogP contribution in [-0.4, -0.2) is 25.4 Å². The maximum atomic E-state index is 13.1. The molecule has 0 aliphatic carbocycles. The maximum Gasteiger partial charge on any atom is 0.279 e. The number of amides is 1. The van der Waals surface area contributed by atoms with Crippen LogP contribution in [-0.2, 0) is 17.1 Å². The molecule has 0 saturated carbocycles. The van der Waals surface area contributed by atoms with Crippen LogP contribution in [0.5, 0.6) is 0 Å². The molecule has 33 heavy (non-hydrogen) atoms. The van der Waals surface area contributed by atoms with Crippen molar-refractivity contribution in [2.45, 2.75) is 11.8 Å². The number of halogens is 2. The van der Waals surface area contributed by atoms with Gasteiger partial charge >= 0.3 is 0 Å². The predicted octanol–water partition coefficient (Wildman–Crippen LogP) is 5.50. The van der Waals surface area contributed by atoms with Crippen molar-refractivity contribution in [1.82, 2.24) is 4.57 Å². The lowest BCUT2D eigenvalue weighted by Gasteiger charge is -2.22. The molecule has 1 heterocycles. The molecule has 4 rings (SSSR count). The van der Waals surface area contributed by atoms with E-state index in [-0.39, 0.29) is 17.0 Å². The van der Waals surface area contributed by atoms with E-state index in [4.69, 9.17) is 23.2 Å². The summed E-state index contributed by atoms with van der Waals surface area (Å²) in [6.45, 7) is 2.04. The lowest BCUT2D eigenvalue weighted by Crippen LogP contribution is -2.30. The molecule has 170 valence electrons. The van der Waals surface area contributed by atoms with Gasteiger partial charge in [0.25, 0.3) is 15.9 Å². The number of rotatable bonds is 5. The highest BCUT2D eigenvalue weighted by Crippen LogP contribution is 2.31. The van der Waals surface area contributed by atoms with Crippen molar-refractivity contribution >= 4 is 66.4 Å². The molecule has 0 fully saturated rings. The number of fused-ring (bicyclic) bond motifs is 1. The van der Waals surface area contributed by atoms with Gasteiger partial charge in [0, 0.05) is 19.2 Å². The Balaban J connectivity index is 1.67. The number of carbonyl (C=O) groups is 1. The molecule has 6 nitrogen and oxygen atoms in total. The second kappa shape index (κ2) is 9.30. The van der Waals surface area contributed by atoms with Gasteiger partial charge in [-0.1, -0.05) is 52.7 Å². The van der Waals surface area contributed by atoms with Crippen LogP contribution in [0.15, 0.2) is 76.6 Å². The van der Waals surface area contributed by atoms with Gasteiger partial charge in [0.1, 0.15) is 0 Å². The summed E-state index contributed by atoms with van der Waals surface area (Å²) in [4.78, 5) is 17.5. The highest BCUT2D eigenvalue weighted by molar-refractivity contribution is 7.92. The predicted molar refractivity (Wildman–Crippen MR) is 134 cm³/mol. The summed E-state index contributed by atoms with van der Waals surface area (Å²) in [5.74, 6) is -0.497. The van der Waals surface area contributed by atoms with Crippen molar-refractivity contribution < 1.29 is 13.2 Å². The van der Waals surface area contributed by atoms with Crippen LogP contribution in [0, 0.1) is 0 Å². The number of anilines is 1. The third kappa shape index (κ3) is 4.44. The lowest BCUT2D eigenvalue weighted by molar-refractivity contribution is 0.0998. The zero-order chi connectivity index (χ0) is 23.8. The summed E-state index contributed by atoms with van der Waals surface area (Å²) in [5.41, 5.74) is 1.54. The molecule has 4 aromatic rings. The van der Waals surface area contributed by atoms with E-state index >= 15 is 0 Å². The van der Waals surface area contributed by atoms with Crippen LogP contribution >= 0.6 is 34.5 Å². The largest absolute Gasteiger partial charge is 0.318 e. The van der Waals surface area contributed by atoms with E-state index in [1.54, 1.807) is 54.9 Å². The Morgan fingerprint density at radius 1 is 1.00 bits per heavy atom. The molecule has 0 N–H and O–H groups in total. The molecule has 0 aliphatic heterocycles. The summed E-state index contributed by atoms with van der Waals surface area (Å²) < 4.78 is 30.0. The Morgan fingerprint density at radius 2 is 1.64 bits per heavy atom. The third-order valence-electron chi connectivity index (χ3n) is 5.07. The van der Waals surface area contributed by atoms with Gasteiger partial charge in [0.05, 0.1) is 30.8 Å². The summed E-state index contributed by atoms with van der Waals surface area (Å²) in [6, 6.07) is 18.0. The van der Waals surface area contributed by atoms with Gasteiger partial charge in [-0.05, 0) is 55.5 Å². The van der Waals surface area contributed by atoms with Crippen molar-refractivity contribution in [2.75, 3.05) is 10.8 Å². The van der Waals surface area contributed by atoms with Crippen molar-refractivity contribution in [3.63, 3.8) is 0 Å². The molecule has 0 bridgehead atoms. The first-order valence-electron chi connectivity index (χ1n) is 9.94. The molecule has 0 aliphatic rings. The molecule has 1 amide bonds. The summed E-state index contributed by atoms with van der Waals surface area (Å²) in [5, 5.41) is 1.04. The minimum absolute atomic E-state index is 0.0933. The van der Waals surface area contributed by atoms with Crippen LogP contribution in [0.25, 0.3) is 10.2 Å². The number of nitrogens with zero attached hydrogens (tertiary/aromatic N) is 3. The van der Waals surface area contributed by atoms with Crippen LogP contribution in [0.3, 0.4) is 0 Å². The van der Waals surface area contributed by atoms with Crippen LogP contribution in [0.1, 0.15) is 17.3 Å². The van der Waals surface area contributed by atoms with E-state index in [0.717, 1.165) is 4.70 Å². The Kier molecular flexibility index (Phi) is 6.63. The molecule has 10 heteroatoms. The number of hydrogen-bond donors (Lipinski definition) is 0. The fraction of sp³-hybridized carbons (Fsp3) is 0.130. The fourth-order valence-corrected chi connectivity index (χ4v) is 6.55. The summed E-state index contributed by atoms with van der Waals surface area (Å²) in [6.07, 6.45) is 0. The Bertz CT molecular complexity index is 1510. The standard InChI is InChI=1S/C23H19Cl2N3O3S2/c1-3-28(16-7-5-4-6-8-16)33(30,31)17-11-9-15(10-12-17)22(29)26-23-27(2)20-18(24)13-14-19(25)21(20)32-23/h4-14H,3H2,1-2H3. The average Bonchev–Trinajstić information content (AvgIpc) is 3.14. The topological polar surface area (TPSA) is 71.7 Å². The molecule has 1 aromatic heterocycles. The maximum absolute atomic E-state index is 13.1. The van der Waals surface area contributed by atoms with E-state index in [0.29, 0.717) is 26.1 Å². The van der Waals surface area contributed by atoms with Gasteiger partial charge in [-0.2, -0.15) is 4.99 Å². The summed E-state index contributed by atoms with van der Waals surface area (Å²) in [7, 11) is -2.02. The van der Waals surface area contributed by atoms with E-state index in [2.05, 4.69) is 4.99 Å². The molecular formula is C23H19Cl2N3O3S2. The van der Waals surface area contributed by atoms with Crippen molar-refractivity contribution in [3.8, 4) is 0 Å². The van der Waals surface area contributed by atoms with Crippen molar-refractivity contribution in [1.29, 1.82) is 0 Å². The van der Waals surface area contributed by atoms with E-state index in [1.807, 2.05) is 6.07 Å². The molecular weight excluding hydrogens is 501 g/mol. The minimum Gasteiger partial charge on any atom is -0.318 e. The number of hydrogen-bond acceptors (Lipinski definition) is 4. The van der Waals surface area contributed by atoms with Gasteiger partial charge in [-0.15, -0.1) is 0 Å². The lowest BCUT2D eigenvalue weighted by atomic mass is 10.2. The Hall–Kier alpha value is -2.65. The van der Waals surface area contributed by atoms with Crippen LogP contribution in [0.2, 0.25) is 10.0 Å². The highest BCUT2D eigenvalue weighted by Gasteiger charge is 2.23.